The van der Waals surface area contributed by atoms with Gasteiger partial charge in [0.25, 0.3) is 0 Å². The van der Waals surface area contributed by atoms with Crippen molar-refractivity contribution in [2.24, 2.45) is 0 Å². The van der Waals surface area contributed by atoms with Crippen molar-refractivity contribution >= 4 is 11.4 Å². The summed E-state index contributed by atoms with van der Waals surface area (Å²) in [6.07, 6.45) is 9.66. The number of imidazole rings is 1. The molecule has 3 heterocycles. The topological polar surface area (TPSA) is 59.7 Å². The van der Waals surface area contributed by atoms with E-state index in [1.807, 2.05) is 45.8 Å². The van der Waals surface area contributed by atoms with Gasteiger partial charge in [-0.2, -0.15) is 0 Å². The van der Waals surface area contributed by atoms with Crippen molar-refractivity contribution in [2.75, 3.05) is 6.54 Å². The summed E-state index contributed by atoms with van der Waals surface area (Å²) in [6, 6.07) is 13.9. The number of benzene rings is 2. The summed E-state index contributed by atoms with van der Waals surface area (Å²) in [6.45, 7) is 4.65. The Hall–Kier alpha value is -4.00. The third-order valence-corrected chi connectivity index (χ3v) is 6.15. The Morgan fingerprint density at radius 1 is 1.21 bits per heavy atom. The molecule has 4 aromatic rings. The summed E-state index contributed by atoms with van der Waals surface area (Å²) < 4.78 is 21.2. The molecule has 2 aromatic heterocycles. The lowest BCUT2D eigenvalue weighted by Gasteiger charge is -2.34. The zero-order valence-electron chi connectivity index (χ0n) is 18.7. The summed E-state index contributed by atoms with van der Waals surface area (Å²) in [5.41, 5.74) is 3.37. The summed E-state index contributed by atoms with van der Waals surface area (Å²) in [5.74, 6) is 1.16. The third-order valence-electron chi connectivity index (χ3n) is 6.15. The minimum absolute atomic E-state index is 0.0724. The first-order valence-electron chi connectivity index (χ1n) is 11.4. The molecular formula is C27H25FN4O2. The molecule has 0 saturated carbocycles. The number of hydrogen-bond donors (Lipinski definition) is 0. The number of hydrogen-bond acceptors (Lipinski definition) is 4. The van der Waals surface area contributed by atoms with Gasteiger partial charge in [0.15, 0.2) is 0 Å². The van der Waals surface area contributed by atoms with Gasteiger partial charge in [-0.1, -0.05) is 18.7 Å². The second kappa shape index (κ2) is 9.47. The molecule has 2 aromatic carbocycles. The van der Waals surface area contributed by atoms with Crippen LogP contribution in [0.2, 0.25) is 0 Å². The first kappa shape index (κ1) is 21.8. The fourth-order valence-electron chi connectivity index (χ4n) is 4.49. The van der Waals surface area contributed by atoms with Crippen molar-refractivity contribution < 1.29 is 13.9 Å². The molecule has 0 aliphatic carbocycles. The number of rotatable bonds is 6. The maximum atomic E-state index is 13.4. The molecule has 0 spiro atoms. The van der Waals surface area contributed by atoms with E-state index >= 15 is 0 Å². The maximum absolute atomic E-state index is 13.4. The second-order valence-electron chi connectivity index (χ2n) is 8.34. The van der Waals surface area contributed by atoms with E-state index in [0.29, 0.717) is 12.3 Å². The number of nitrogens with zero attached hydrogens (tertiary/aromatic N) is 4. The van der Waals surface area contributed by atoms with Crippen LogP contribution >= 0.6 is 0 Å². The minimum atomic E-state index is -0.279. The van der Waals surface area contributed by atoms with Gasteiger partial charge in [0.05, 0.1) is 23.4 Å². The number of amides is 1. The molecule has 0 radical (unpaired) electrons. The molecule has 0 N–H and O–H groups in total. The van der Waals surface area contributed by atoms with Crippen LogP contribution in [0, 0.1) is 5.82 Å². The van der Waals surface area contributed by atoms with Crippen LogP contribution in [0.15, 0.2) is 79.8 Å². The fourth-order valence-corrected chi connectivity index (χ4v) is 4.49. The van der Waals surface area contributed by atoms with E-state index in [0.717, 1.165) is 47.4 Å². The number of ether oxygens (including phenoxy) is 1. The van der Waals surface area contributed by atoms with Crippen molar-refractivity contribution in [3.63, 3.8) is 0 Å². The molecule has 0 bridgehead atoms. The van der Waals surface area contributed by atoms with E-state index in [1.54, 1.807) is 18.5 Å². The normalized spacial score (nSPS) is 15.9. The van der Waals surface area contributed by atoms with Crippen LogP contribution in [-0.4, -0.2) is 31.7 Å². The number of carbonyl (C=O) groups excluding carboxylic acids is 1. The Balaban J connectivity index is 1.44. The number of aromatic nitrogens is 3. The molecule has 6 nitrogen and oxygen atoms in total. The van der Waals surface area contributed by atoms with Gasteiger partial charge < -0.3 is 9.64 Å². The number of halogens is 1. The number of likely N-dealkylation sites (tertiary alicyclic amines) is 1. The van der Waals surface area contributed by atoms with Crippen LogP contribution < -0.4 is 4.74 Å². The van der Waals surface area contributed by atoms with E-state index in [4.69, 9.17) is 9.72 Å². The highest BCUT2D eigenvalue weighted by Gasteiger charge is 2.30. The Morgan fingerprint density at radius 3 is 2.85 bits per heavy atom. The highest BCUT2D eigenvalue weighted by molar-refractivity contribution is 5.87. The molecule has 34 heavy (non-hydrogen) atoms. The molecule has 1 saturated heterocycles. The molecule has 1 aliphatic heterocycles. The van der Waals surface area contributed by atoms with Crippen LogP contribution in [0.25, 0.3) is 16.8 Å². The zero-order chi connectivity index (χ0) is 23.5. The van der Waals surface area contributed by atoms with Gasteiger partial charge >= 0.3 is 0 Å². The van der Waals surface area contributed by atoms with E-state index in [-0.39, 0.29) is 24.4 Å². The third kappa shape index (κ3) is 4.29. The van der Waals surface area contributed by atoms with Gasteiger partial charge in [0.2, 0.25) is 5.91 Å². The van der Waals surface area contributed by atoms with E-state index < -0.39 is 0 Å². The molecule has 1 aliphatic rings. The quantitative estimate of drug-likeness (QED) is 0.367. The molecular weight excluding hydrogens is 431 g/mol. The van der Waals surface area contributed by atoms with Gasteiger partial charge in [-0.15, -0.1) is 0 Å². The number of carbonyl (C=O) groups is 1. The van der Waals surface area contributed by atoms with E-state index in [2.05, 4.69) is 11.6 Å². The average Bonchev–Trinajstić information content (AvgIpc) is 3.27. The lowest BCUT2D eigenvalue weighted by Crippen LogP contribution is -2.38. The first-order valence-corrected chi connectivity index (χ1v) is 11.4. The van der Waals surface area contributed by atoms with Crippen LogP contribution in [0.5, 0.6) is 5.75 Å². The molecule has 1 amide bonds. The van der Waals surface area contributed by atoms with Crippen molar-refractivity contribution in [1.82, 2.24) is 19.3 Å². The second-order valence-corrected chi connectivity index (χ2v) is 8.34. The summed E-state index contributed by atoms with van der Waals surface area (Å²) >= 11 is 0. The number of fused-ring (bicyclic) bond motifs is 1. The summed E-state index contributed by atoms with van der Waals surface area (Å²) in [4.78, 5) is 23.7. The predicted molar refractivity (Wildman–Crippen MR) is 128 cm³/mol. The van der Waals surface area contributed by atoms with Gasteiger partial charge in [0, 0.05) is 24.5 Å². The molecule has 1 atom stereocenters. The highest BCUT2D eigenvalue weighted by atomic mass is 19.1. The molecule has 0 unspecified atom stereocenters. The Morgan fingerprint density at radius 2 is 2.06 bits per heavy atom. The largest absolute Gasteiger partial charge is 0.489 e. The van der Waals surface area contributed by atoms with Crippen molar-refractivity contribution in [3.8, 4) is 17.0 Å². The van der Waals surface area contributed by atoms with Crippen molar-refractivity contribution in [3.05, 3.63) is 97.0 Å². The van der Waals surface area contributed by atoms with Crippen molar-refractivity contribution in [2.45, 2.75) is 31.9 Å². The van der Waals surface area contributed by atoms with Crippen LogP contribution in [-0.2, 0) is 11.4 Å². The maximum Gasteiger partial charge on any atom is 0.246 e. The molecule has 7 heteroatoms. The van der Waals surface area contributed by atoms with E-state index in [9.17, 15) is 9.18 Å². The standard InChI is InChI=1S/C27H25FN4O2/c1-2-25(33)31-14-4-3-8-23(31)27-30-26(24-17-29-13-15-32(24)27)20-9-11-22(12-10-20)34-18-19-6-5-7-21(28)16-19/h2,5-7,9-13,15-17,23H,1,3-4,8,14,18H2/t23-/m0/s1. The monoisotopic (exact) mass is 456 g/mol. The van der Waals surface area contributed by atoms with Gasteiger partial charge in [-0.25, -0.2) is 9.37 Å². The molecule has 172 valence electrons. The fraction of sp³-hybridized carbons (Fsp3) is 0.222. The highest BCUT2D eigenvalue weighted by Crippen LogP contribution is 2.34. The van der Waals surface area contributed by atoms with Crippen LogP contribution in [0.4, 0.5) is 4.39 Å². The van der Waals surface area contributed by atoms with Gasteiger partial charge in [-0.05, 0) is 67.3 Å². The van der Waals surface area contributed by atoms with Crippen molar-refractivity contribution in [1.29, 1.82) is 0 Å². The summed E-state index contributed by atoms with van der Waals surface area (Å²) in [5, 5.41) is 0. The lowest BCUT2D eigenvalue weighted by molar-refractivity contribution is -0.129. The predicted octanol–water partition coefficient (Wildman–Crippen LogP) is 5.35. The van der Waals surface area contributed by atoms with Crippen LogP contribution in [0.3, 0.4) is 0 Å². The van der Waals surface area contributed by atoms with Gasteiger partial charge in [-0.3, -0.25) is 14.2 Å². The first-order chi connectivity index (χ1) is 16.6. The van der Waals surface area contributed by atoms with E-state index in [1.165, 1.54) is 18.2 Å². The SMILES string of the molecule is C=CC(=O)N1CCCC[C@H]1c1nc(-c2ccc(OCc3cccc(F)c3)cc2)c2cnccn12. The summed E-state index contributed by atoms with van der Waals surface area (Å²) in [7, 11) is 0. The van der Waals surface area contributed by atoms with Crippen LogP contribution in [0.1, 0.15) is 36.7 Å². The Labute approximate surface area is 197 Å². The molecule has 1 fully saturated rings. The van der Waals surface area contributed by atoms with Gasteiger partial charge in [0.1, 0.15) is 24.0 Å². The lowest BCUT2D eigenvalue weighted by atomic mass is 10.0. The number of piperidine rings is 1. The zero-order valence-corrected chi connectivity index (χ0v) is 18.7. The molecule has 5 rings (SSSR count). The minimum Gasteiger partial charge on any atom is -0.489 e. The Kier molecular flexibility index (Phi) is 6.08. The smallest absolute Gasteiger partial charge is 0.246 e. The Bertz CT molecular complexity index is 1330. The average molecular weight is 457 g/mol.